The molecule has 0 unspecified atom stereocenters. The Kier molecular flexibility index (Phi) is 7.60. The zero-order valence-electron chi connectivity index (χ0n) is 18.7. The molecule has 0 bridgehead atoms. The summed E-state index contributed by atoms with van der Waals surface area (Å²) in [4.78, 5) is 30.4. The predicted molar refractivity (Wildman–Crippen MR) is 122 cm³/mol. The van der Waals surface area contributed by atoms with E-state index in [0.717, 1.165) is 23.1 Å². The van der Waals surface area contributed by atoms with Gasteiger partial charge in [0.2, 0.25) is 0 Å². The Labute approximate surface area is 184 Å². The maximum absolute atomic E-state index is 13.6. The van der Waals surface area contributed by atoms with Crippen LogP contribution in [0.3, 0.4) is 0 Å². The number of aryl methyl sites for hydroxylation is 2. The zero-order valence-corrected chi connectivity index (χ0v) is 18.7. The van der Waals surface area contributed by atoms with Crippen molar-refractivity contribution < 1.29 is 19.1 Å². The third-order valence-electron chi connectivity index (χ3n) is 5.45. The van der Waals surface area contributed by atoms with E-state index in [-0.39, 0.29) is 11.8 Å². The quantitative estimate of drug-likeness (QED) is 0.549. The number of amides is 2. The second kappa shape index (κ2) is 10.4. The van der Waals surface area contributed by atoms with E-state index >= 15 is 0 Å². The van der Waals surface area contributed by atoms with Gasteiger partial charge in [0.05, 0.1) is 24.5 Å². The van der Waals surface area contributed by atoms with Crippen molar-refractivity contribution in [3.8, 4) is 0 Å². The highest BCUT2D eigenvalue weighted by atomic mass is 16.5. The molecule has 0 saturated carbocycles. The van der Waals surface area contributed by atoms with Crippen molar-refractivity contribution in [2.75, 3.05) is 45.4 Å². The van der Waals surface area contributed by atoms with Crippen LogP contribution in [0.1, 0.15) is 23.6 Å². The Hall–Kier alpha value is -2.96. The highest BCUT2D eigenvalue weighted by Gasteiger charge is 2.42. The smallest absolute Gasteiger partial charge is 0.282 e. The SMILES string of the molecule is CCc1ccc(N2C(=O)C(c3ccc(C)cc3)=C(N(CCOC)CCOC)C2=O)cc1. The first-order valence-corrected chi connectivity index (χ1v) is 10.5. The summed E-state index contributed by atoms with van der Waals surface area (Å²) in [6.07, 6.45) is 0.891. The van der Waals surface area contributed by atoms with Gasteiger partial charge in [0.1, 0.15) is 5.70 Å². The summed E-state index contributed by atoms with van der Waals surface area (Å²) in [6, 6.07) is 15.3. The van der Waals surface area contributed by atoms with Crippen molar-refractivity contribution in [2.24, 2.45) is 0 Å². The number of hydrogen-bond donors (Lipinski definition) is 0. The summed E-state index contributed by atoms with van der Waals surface area (Å²) in [5.41, 5.74) is 4.35. The fourth-order valence-electron chi connectivity index (χ4n) is 3.65. The highest BCUT2D eigenvalue weighted by molar-refractivity contribution is 6.45. The lowest BCUT2D eigenvalue weighted by atomic mass is 10.0. The lowest BCUT2D eigenvalue weighted by Gasteiger charge is -2.25. The van der Waals surface area contributed by atoms with Crippen LogP contribution in [0.25, 0.3) is 5.57 Å². The fraction of sp³-hybridized carbons (Fsp3) is 0.360. The number of carbonyl (C=O) groups is 2. The van der Waals surface area contributed by atoms with Gasteiger partial charge in [0, 0.05) is 27.3 Å². The maximum atomic E-state index is 13.6. The lowest BCUT2D eigenvalue weighted by molar-refractivity contribution is -0.120. The number of benzene rings is 2. The fourth-order valence-corrected chi connectivity index (χ4v) is 3.65. The van der Waals surface area contributed by atoms with Gasteiger partial charge in [-0.2, -0.15) is 0 Å². The molecule has 0 atom stereocenters. The Morgan fingerprint density at radius 1 is 0.839 bits per heavy atom. The van der Waals surface area contributed by atoms with Crippen LogP contribution in [0, 0.1) is 6.92 Å². The summed E-state index contributed by atoms with van der Waals surface area (Å²) in [6.45, 7) is 5.88. The standard InChI is InChI=1S/C25H30N2O4/c1-5-19-8-12-21(13-9-19)27-24(28)22(20-10-6-18(2)7-11-20)23(25(27)29)26(14-16-30-3)15-17-31-4/h6-13H,5,14-17H2,1-4H3. The van der Waals surface area contributed by atoms with Crippen LogP contribution in [0.5, 0.6) is 0 Å². The monoisotopic (exact) mass is 422 g/mol. The Balaban J connectivity index is 2.09. The van der Waals surface area contributed by atoms with E-state index in [2.05, 4.69) is 6.92 Å². The molecule has 0 saturated heterocycles. The van der Waals surface area contributed by atoms with Crippen molar-refractivity contribution in [3.63, 3.8) is 0 Å². The number of carbonyl (C=O) groups excluding carboxylic acids is 2. The van der Waals surface area contributed by atoms with Gasteiger partial charge in [0.15, 0.2) is 0 Å². The average molecular weight is 423 g/mol. The van der Waals surface area contributed by atoms with Crippen molar-refractivity contribution in [2.45, 2.75) is 20.3 Å². The first-order valence-electron chi connectivity index (χ1n) is 10.5. The second-order valence-electron chi connectivity index (χ2n) is 7.53. The zero-order chi connectivity index (χ0) is 22.4. The molecule has 6 nitrogen and oxygen atoms in total. The molecular weight excluding hydrogens is 392 g/mol. The Bertz CT molecular complexity index is 940. The maximum Gasteiger partial charge on any atom is 0.282 e. The van der Waals surface area contributed by atoms with Gasteiger partial charge >= 0.3 is 0 Å². The largest absolute Gasteiger partial charge is 0.383 e. The van der Waals surface area contributed by atoms with E-state index in [9.17, 15) is 9.59 Å². The number of hydrogen-bond acceptors (Lipinski definition) is 5. The molecule has 2 amide bonds. The third kappa shape index (κ3) is 4.86. The minimum Gasteiger partial charge on any atom is -0.383 e. The van der Waals surface area contributed by atoms with Gasteiger partial charge in [-0.25, -0.2) is 4.90 Å². The van der Waals surface area contributed by atoms with Crippen LogP contribution in [0.15, 0.2) is 54.2 Å². The molecule has 164 valence electrons. The van der Waals surface area contributed by atoms with Crippen LogP contribution >= 0.6 is 0 Å². The van der Waals surface area contributed by atoms with Crippen molar-refractivity contribution in [1.29, 1.82) is 0 Å². The van der Waals surface area contributed by atoms with Crippen LogP contribution in [0.2, 0.25) is 0 Å². The van der Waals surface area contributed by atoms with Gasteiger partial charge in [-0.3, -0.25) is 9.59 Å². The number of ether oxygens (including phenoxy) is 2. The van der Waals surface area contributed by atoms with E-state index in [1.165, 1.54) is 4.90 Å². The summed E-state index contributed by atoms with van der Waals surface area (Å²) < 4.78 is 10.5. The predicted octanol–water partition coefficient (Wildman–Crippen LogP) is 3.44. The molecule has 2 aromatic rings. The van der Waals surface area contributed by atoms with E-state index in [1.807, 2.05) is 60.4 Å². The van der Waals surface area contributed by atoms with Crippen LogP contribution in [-0.2, 0) is 25.5 Å². The topological polar surface area (TPSA) is 59.1 Å². The molecule has 2 aromatic carbocycles. The van der Waals surface area contributed by atoms with E-state index in [0.29, 0.717) is 43.3 Å². The molecule has 3 rings (SSSR count). The molecule has 0 aromatic heterocycles. The molecule has 0 spiro atoms. The van der Waals surface area contributed by atoms with Gasteiger partial charge < -0.3 is 14.4 Å². The number of anilines is 1. The van der Waals surface area contributed by atoms with Crippen LogP contribution < -0.4 is 4.90 Å². The molecule has 6 heteroatoms. The third-order valence-corrected chi connectivity index (χ3v) is 5.45. The molecule has 1 aliphatic rings. The minimum atomic E-state index is -0.322. The second-order valence-corrected chi connectivity index (χ2v) is 7.53. The average Bonchev–Trinajstić information content (AvgIpc) is 3.04. The normalized spacial score (nSPS) is 14.0. The van der Waals surface area contributed by atoms with Crippen molar-refractivity contribution in [3.05, 3.63) is 70.9 Å². The van der Waals surface area contributed by atoms with Crippen LogP contribution in [-0.4, -0.2) is 57.2 Å². The molecule has 0 fully saturated rings. The summed E-state index contributed by atoms with van der Waals surface area (Å²) >= 11 is 0. The Morgan fingerprint density at radius 3 is 1.94 bits per heavy atom. The Morgan fingerprint density at radius 2 is 1.42 bits per heavy atom. The first kappa shape index (κ1) is 22.7. The molecule has 0 radical (unpaired) electrons. The molecule has 0 N–H and O–H groups in total. The first-order chi connectivity index (χ1) is 15.0. The van der Waals surface area contributed by atoms with Gasteiger partial charge in [-0.15, -0.1) is 0 Å². The summed E-state index contributed by atoms with van der Waals surface area (Å²) in [7, 11) is 3.24. The van der Waals surface area contributed by atoms with Gasteiger partial charge in [-0.05, 0) is 36.6 Å². The van der Waals surface area contributed by atoms with E-state index in [1.54, 1.807) is 14.2 Å². The molecule has 0 aliphatic carbocycles. The van der Waals surface area contributed by atoms with Crippen molar-refractivity contribution >= 4 is 23.1 Å². The molecule has 31 heavy (non-hydrogen) atoms. The van der Waals surface area contributed by atoms with Gasteiger partial charge in [0.25, 0.3) is 11.8 Å². The van der Waals surface area contributed by atoms with Crippen LogP contribution in [0.4, 0.5) is 5.69 Å². The molecular formula is C25H30N2O4. The number of imide groups is 1. The van der Waals surface area contributed by atoms with Crippen molar-refractivity contribution in [1.82, 2.24) is 4.90 Å². The summed E-state index contributed by atoms with van der Waals surface area (Å²) in [5.74, 6) is -0.634. The number of methoxy groups -OCH3 is 2. The van der Waals surface area contributed by atoms with E-state index in [4.69, 9.17) is 9.47 Å². The highest BCUT2D eigenvalue weighted by Crippen LogP contribution is 2.35. The molecule has 1 aliphatic heterocycles. The lowest BCUT2D eigenvalue weighted by Crippen LogP contribution is -2.37. The summed E-state index contributed by atoms with van der Waals surface area (Å²) in [5, 5.41) is 0. The minimum absolute atomic E-state index is 0.312. The van der Waals surface area contributed by atoms with Gasteiger partial charge in [-0.1, -0.05) is 48.9 Å². The van der Waals surface area contributed by atoms with E-state index < -0.39 is 0 Å². The number of rotatable bonds is 10. The number of nitrogens with zero attached hydrogens (tertiary/aromatic N) is 2. The molecule has 1 heterocycles.